The van der Waals surface area contributed by atoms with Gasteiger partial charge in [0.2, 0.25) is 0 Å². The number of nitrogens with zero attached hydrogens (tertiary/aromatic N) is 2. The van der Waals surface area contributed by atoms with Crippen LogP contribution in [0, 0.1) is 0 Å². The van der Waals surface area contributed by atoms with Gasteiger partial charge in [-0.15, -0.1) is 0 Å². The van der Waals surface area contributed by atoms with Crippen molar-refractivity contribution in [2.75, 3.05) is 0 Å². The van der Waals surface area contributed by atoms with E-state index in [2.05, 4.69) is 0 Å². The predicted molar refractivity (Wildman–Crippen MR) is 72.7 cm³/mol. The van der Waals surface area contributed by atoms with Crippen LogP contribution in [0.5, 0.6) is 0 Å². The largest absolute Gasteiger partial charge is 0.345 e. The highest BCUT2D eigenvalue weighted by Crippen LogP contribution is 2.17. The van der Waals surface area contributed by atoms with Crippen LogP contribution in [-0.4, -0.2) is 8.52 Å². The number of benzene rings is 2. The molecule has 0 aliphatic rings. The number of rotatable bonds is 1. The lowest BCUT2D eigenvalue weighted by molar-refractivity contribution is 0.805. The number of aromatic nitrogens is 2. The first-order chi connectivity index (χ1) is 8.66. The van der Waals surface area contributed by atoms with Crippen LogP contribution in [0.4, 0.5) is 0 Å². The molecule has 18 heavy (non-hydrogen) atoms. The van der Waals surface area contributed by atoms with Gasteiger partial charge in [0.25, 0.3) is 0 Å². The summed E-state index contributed by atoms with van der Waals surface area (Å²) in [6, 6.07) is 13.6. The van der Waals surface area contributed by atoms with Gasteiger partial charge in [-0.1, -0.05) is 30.3 Å². The monoisotopic (exact) mass is 258 g/mol. The summed E-state index contributed by atoms with van der Waals surface area (Å²) in [5.41, 5.74) is 0.418. The molecule has 0 radical (unpaired) electrons. The van der Waals surface area contributed by atoms with E-state index < -0.39 is 0 Å². The summed E-state index contributed by atoms with van der Waals surface area (Å²) in [6.45, 7) is 0. The Bertz CT molecular complexity index is 842. The summed E-state index contributed by atoms with van der Waals surface area (Å²) in [6.07, 6.45) is 0. The third kappa shape index (κ3) is 1.60. The Balaban J connectivity index is 2.29. The SMILES string of the molecule is Cn1c(=O)sn(-c2ccc3ccccc3c2)c1=O. The minimum absolute atomic E-state index is 0.256. The fourth-order valence-corrected chi connectivity index (χ4v) is 2.64. The zero-order valence-electron chi connectivity index (χ0n) is 9.66. The Morgan fingerprint density at radius 2 is 1.72 bits per heavy atom. The number of hydrogen-bond donors (Lipinski definition) is 0. The van der Waals surface area contributed by atoms with E-state index in [1.54, 1.807) is 0 Å². The van der Waals surface area contributed by atoms with Gasteiger partial charge < -0.3 is 0 Å². The normalized spacial score (nSPS) is 10.9. The Labute approximate surface area is 106 Å². The zero-order valence-corrected chi connectivity index (χ0v) is 10.5. The second kappa shape index (κ2) is 3.96. The molecule has 0 spiro atoms. The van der Waals surface area contributed by atoms with Crippen LogP contribution in [0.25, 0.3) is 16.5 Å². The third-order valence-corrected chi connectivity index (χ3v) is 3.85. The van der Waals surface area contributed by atoms with Crippen LogP contribution in [0.3, 0.4) is 0 Å². The number of fused-ring (bicyclic) bond motifs is 1. The maximum absolute atomic E-state index is 11.9. The van der Waals surface area contributed by atoms with Gasteiger partial charge in [0.1, 0.15) is 0 Å². The summed E-state index contributed by atoms with van der Waals surface area (Å²) >= 11 is 0.914. The maximum atomic E-state index is 11.9. The zero-order chi connectivity index (χ0) is 12.7. The van der Waals surface area contributed by atoms with Crippen molar-refractivity contribution >= 4 is 22.3 Å². The molecule has 0 aliphatic carbocycles. The van der Waals surface area contributed by atoms with Gasteiger partial charge in [-0.05, 0) is 22.9 Å². The van der Waals surface area contributed by atoms with Crippen molar-refractivity contribution in [1.82, 2.24) is 8.52 Å². The standard InChI is InChI=1S/C13H10N2O2S/c1-14-12(16)15(18-13(14)17)11-7-6-9-4-2-3-5-10(9)8-11/h2-8H,1H3. The topological polar surface area (TPSA) is 44.0 Å². The van der Waals surface area contributed by atoms with Crippen molar-refractivity contribution in [2.45, 2.75) is 0 Å². The highest BCUT2D eigenvalue weighted by molar-refractivity contribution is 7.03. The van der Waals surface area contributed by atoms with E-state index in [1.807, 2.05) is 42.5 Å². The first-order valence-electron chi connectivity index (χ1n) is 5.45. The van der Waals surface area contributed by atoms with Gasteiger partial charge in [0.15, 0.2) is 0 Å². The van der Waals surface area contributed by atoms with E-state index in [9.17, 15) is 9.59 Å². The minimum Gasteiger partial charge on any atom is -0.255 e. The fourth-order valence-electron chi connectivity index (χ4n) is 1.86. The summed E-state index contributed by atoms with van der Waals surface area (Å²) in [5, 5.41) is 2.16. The average Bonchev–Trinajstić information content (AvgIpc) is 2.66. The van der Waals surface area contributed by atoms with Gasteiger partial charge in [-0.2, -0.15) is 0 Å². The Morgan fingerprint density at radius 3 is 2.39 bits per heavy atom. The minimum atomic E-state index is -0.305. The predicted octanol–water partition coefficient (Wildman–Crippen LogP) is 1.75. The van der Waals surface area contributed by atoms with Gasteiger partial charge in [-0.25, -0.2) is 8.75 Å². The van der Waals surface area contributed by atoms with Crippen LogP contribution in [0.15, 0.2) is 52.1 Å². The molecule has 1 aromatic heterocycles. The van der Waals surface area contributed by atoms with Gasteiger partial charge in [0.05, 0.1) is 5.69 Å². The van der Waals surface area contributed by atoms with Crippen molar-refractivity contribution in [2.24, 2.45) is 7.05 Å². The summed E-state index contributed by atoms with van der Waals surface area (Å²) < 4.78 is 2.52. The molecule has 5 heteroatoms. The molecule has 1 heterocycles. The van der Waals surface area contributed by atoms with E-state index in [0.29, 0.717) is 0 Å². The Kier molecular flexibility index (Phi) is 2.41. The van der Waals surface area contributed by atoms with Crippen molar-refractivity contribution in [3.63, 3.8) is 0 Å². The first-order valence-corrected chi connectivity index (χ1v) is 6.23. The average molecular weight is 258 g/mol. The molecule has 2 aromatic carbocycles. The van der Waals surface area contributed by atoms with E-state index in [1.165, 1.54) is 11.0 Å². The summed E-state index contributed by atoms with van der Waals surface area (Å²) in [7, 11) is 1.48. The smallest absolute Gasteiger partial charge is 0.255 e. The maximum Gasteiger partial charge on any atom is 0.345 e. The molecular formula is C13H10N2O2S. The summed E-state index contributed by atoms with van der Waals surface area (Å²) in [4.78, 5) is 23.1. The molecule has 0 fully saturated rings. The van der Waals surface area contributed by atoms with Crippen molar-refractivity contribution < 1.29 is 0 Å². The molecule has 0 atom stereocenters. The lowest BCUT2D eigenvalue weighted by atomic mass is 10.1. The van der Waals surface area contributed by atoms with Crippen LogP contribution >= 0.6 is 11.5 Å². The molecule has 3 rings (SSSR count). The molecular weight excluding hydrogens is 248 g/mol. The number of hydrogen-bond acceptors (Lipinski definition) is 3. The van der Waals surface area contributed by atoms with E-state index >= 15 is 0 Å². The van der Waals surface area contributed by atoms with Gasteiger partial charge in [0, 0.05) is 18.6 Å². The highest BCUT2D eigenvalue weighted by Gasteiger charge is 2.08. The lowest BCUT2D eigenvalue weighted by Gasteiger charge is -2.02. The molecule has 0 N–H and O–H groups in total. The molecule has 90 valence electrons. The second-order valence-corrected chi connectivity index (χ2v) is 4.92. The van der Waals surface area contributed by atoms with E-state index in [0.717, 1.165) is 32.6 Å². The molecule has 0 unspecified atom stereocenters. The Hall–Kier alpha value is -2.14. The third-order valence-electron chi connectivity index (χ3n) is 2.87. The fraction of sp³-hybridized carbons (Fsp3) is 0.0769. The molecule has 0 amide bonds. The molecule has 0 aliphatic heterocycles. The Morgan fingerprint density at radius 1 is 1.00 bits per heavy atom. The molecule has 0 bridgehead atoms. The van der Waals surface area contributed by atoms with Crippen LogP contribution in [0.2, 0.25) is 0 Å². The molecule has 4 nitrogen and oxygen atoms in total. The quantitative estimate of drug-likeness (QED) is 0.667. The molecule has 3 aromatic rings. The van der Waals surface area contributed by atoms with Crippen molar-refractivity contribution in [3.8, 4) is 5.69 Å². The van der Waals surface area contributed by atoms with Crippen LogP contribution < -0.4 is 10.6 Å². The van der Waals surface area contributed by atoms with E-state index in [-0.39, 0.29) is 10.6 Å². The van der Waals surface area contributed by atoms with Gasteiger partial charge in [-0.3, -0.25) is 9.36 Å². The van der Waals surface area contributed by atoms with Gasteiger partial charge >= 0.3 is 10.6 Å². The highest BCUT2D eigenvalue weighted by atomic mass is 32.1. The lowest BCUT2D eigenvalue weighted by Crippen LogP contribution is -2.25. The summed E-state index contributed by atoms with van der Waals surface area (Å²) in [5.74, 6) is 0. The van der Waals surface area contributed by atoms with Crippen LogP contribution in [0.1, 0.15) is 0 Å². The van der Waals surface area contributed by atoms with Crippen molar-refractivity contribution in [3.05, 3.63) is 62.6 Å². The second-order valence-electron chi connectivity index (χ2n) is 4.02. The molecule has 0 saturated heterocycles. The van der Waals surface area contributed by atoms with Crippen molar-refractivity contribution in [1.29, 1.82) is 0 Å². The van der Waals surface area contributed by atoms with E-state index in [4.69, 9.17) is 0 Å². The van der Waals surface area contributed by atoms with Crippen LogP contribution in [-0.2, 0) is 7.05 Å². The molecule has 0 saturated carbocycles. The first kappa shape index (κ1) is 11.0.